The Labute approximate surface area is 165 Å². The lowest BCUT2D eigenvalue weighted by atomic mass is 10.1. The van der Waals surface area contributed by atoms with E-state index >= 15 is 0 Å². The number of nitrogens with zero attached hydrogens (tertiary/aromatic N) is 1. The zero-order valence-corrected chi connectivity index (χ0v) is 15.7. The molecule has 0 aliphatic heterocycles. The summed E-state index contributed by atoms with van der Waals surface area (Å²) in [6, 6.07) is 16.6. The molecule has 1 heterocycles. The van der Waals surface area contributed by atoms with Crippen LogP contribution >= 0.6 is 22.9 Å². The number of amides is 1. The Morgan fingerprint density at radius 2 is 2.00 bits per heavy atom. The van der Waals surface area contributed by atoms with Gasteiger partial charge < -0.3 is 5.32 Å². The van der Waals surface area contributed by atoms with Crippen LogP contribution in [-0.2, 0) is 4.79 Å². The molecule has 0 aliphatic rings. The fourth-order valence-electron chi connectivity index (χ4n) is 2.58. The molecule has 0 spiro atoms. The van der Waals surface area contributed by atoms with Gasteiger partial charge in [0.15, 0.2) is 0 Å². The van der Waals surface area contributed by atoms with Gasteiger partial charge in [-0.1, -0.05) is 29.8 Å². The van der Waals surface area contributed by atoms with Crippen molar-refractivity contribution in [2.75, 3.05) is 11.9 Å². The van der Waals surface area contributed by atoms with Crippen LogP contribution in [-0.4, -0.2) is 12.5 Å². The van der Waals surface area contributed by atoms with Crippen LogP contribution in [0, 0.1) is 17.1 Å². The number of anilines is 1. The fourth-order valence-corrected chi connectivity index (χ4v) is 3.63. The lowest BCUT2D eigenvalue weighted by Gasteiger charge is -2.18. The minimum atomic E-state index is -0.306. The van der Waals surface area contributed by atoms with Gasteiger partial charge in [0.1, 0.15) is 11.9 Å². The number of hydrogen-bond donors (Lipinski definition) is 2. The average molecular weight is 400 g/mol. The van der Waals surface area contributed by atoms with Gasteiger partial charge in [0.2, 0.25) is 5.91 Å². The Bertz CT molecular complexity index is 968. The van der Waals surface area contributed by atoms with Gasteiger partial charge in [0.25, 0.3) is 0 Å². The van der Waals surface area contributed by atoms with Gasteiger partial charge in [-0.25, -0.2) is 4.39 Å². The first kappa shape index (κ1) is 19.1. The first-order chi connectivity index (χ1) is 13.1. The molecule has 2 aromatic carbocycles. The third-order valence-electron chi connectivity index (χ3n) is 3.87. The van der Waals surface area contributed by atoms with Crippen molar-refractivity contribution >= 4 is 34.5 Å². The Kier molecular flexibility index (Phi) is 6.20. The second-order valence-corrected chi connectivity index (χ2v) is 7.12. The molecule has 1 amide bonds. The molecule has 136 valence electrons. The minimum Gasteiger partial charge on any atom is -0.325 e. The number of carbonyl (C=O) groups is 1. The van der Waals surface area contributed by atoms with Crippen LogP contribution in [0.25, 0.3) is 0 Å². The molecule has 0 radical (unpaired) electrons. The standard InChI is InChI=1S/C20H15ClFN3OS/c21-17-10-16(8-5-14(17)11-23)25-19(26)12-24-20(18-2-1-9-27-18)13-3-6-15(22)7-4-13/h1-10,20,24H,12H2,(H,25,26). The summed E-state index contributed by atoms with van der Waals surface area (Å²) in [6.07, 6.45) is 0. The number of nitriles is 1. The maximum Gasteiger partial charge on any atom is 0.238 e. The molecule has 0 bridgehead atoms. The van der Waals surface area contributed by atoms with E-state index in [0.717, 1.165) is 10.4 Å². The lowest BCUT2D eigenvalue weighted by molar-refractivity contribution is -0.115. The Hall–Kier alpha value is -2.72. The number of thiophene rings is 1. The van der Waals surface area contributed by atoms with Gasteiger partial charge in [-0.05, 0) is 47.3 Å². The zero-order chi connectivity index (χ0) is 19.2. The van der Waals surface area contributed by atoms with Gasteiger partial charge in [0, 0.05) is 10.6 Å². The smallest absolute Gasteiger partial charge is 0.238 e. The van der Waals surface area contributed by atoms with Crippen molar-refractivity contribution in [3.05, 3.63) is 86.8 Å². The second kappa shape index (κ2) is 8.78. The monoisotopic (exact) mass is 399 g/mol. The molecule has 0 saturated heterocycles. The maximum absolute atomic E-state index is 13.2. The summed E-state index contributed by atoms with van der Waals surface area (Å²) in [5, 5.41) is 17.1. The lowest BCUT2D eigenvalue weighted by Crippen LogP contribution is -2.31. The Balaban J connectivity index is 1.68. The normalized spacial score (nSPS) is 11.6. The predicted molar refractivity (Wildman–Crippen MR) is 105 cm³/mol. The van der Waals surface area contributed by atoms with Crippen molar-refractivity contribution in [3.63, 3.8) is 0 Å². The first-order valence-corrected chi connectivity index (χ1v) is 9.34. The van der Waals surface area contributed by atoms with Crippen molar-refractivity contribution in [3.8, 4) is 6.07 Å². The van der Waals surface area contributed by atoms with Gasteiger partial charge in [-0.15, -0.1) is 11.3 Å². The van der Waals surface area contributed by atoms with Crippen LogP contribution in [0.5, 0.6) is 0 Å². The first-order valence-electron chi connectivity index (χ1n) is 8.08. The van der Waals surface area contributed by atoms with E-state index in [1.807, 2.05) is 23.6 Å². The molecule has 27 heavy (non-hydrogen) atoms. The third-order valence-corrected chi connectivity index (χ3v) is 5.12. The molecule has 3 rings (SSSR count). The molecule has 0 saturated carbocycles. The highest BCUT2D eigenvalue weighted by atomic mass is 35.5. The Morgan fingerprint density at radius 1 is 1.22 bits per heavy atom. The third kappa shape index (κ3) is 4.92. The van der Waals surface area contributed by atoms with Crippen molar-refractivity contribution in [1.29, 1.82) is 5.26 Å². The molecule has 1 atom stereocenters. The van der Waals surface area contributed by atoms with Gasteiger partial charge in [0.05, 0.1) is 23.2 Å². The summed E-state index contributed by atoms with van der Waals surface area (Å²) >= 11 is 7.54. The van der Waals surface area contributed by atoms with Crippen molar-refractivity contribution < 1.29 is 9.18 Å². The van der Waals surface area contributed by atoms with Crippen LogP contribution in [0.2, 0.25) is 5.02 Å². The summed E-state index contributed by atoms with van der Waals surface area (Å²) < 4.78 is 13.2. The summed E-state index contributed by atoms with van der Waals surface area (Å²) in [5.74, 6) is -0.557. The maximum atomic E-state index is 13.2. The van der Waals surface area contributed by atoms with Gasteiger partial charge in [-0.2, -0.15) is 5.26 Å². The molecule has 2 N–H and O–H groups in total. The number of nitrogens with one attached hydrogen (secondary N) is 2. The van der Waals surface area contributed by atoms with Crippen LogP contribution in [0.15, 0.2) is 60.0 Å². The molecule has 1 unspecified atom stereocenters. The van der Waals surface area contributed by atoms with E-state index in [0.29, 0.717) is 11.3 Å². The van der Waals surface area contributed by atoms with Crippen molar-refractivity contribution in [1.82, 2.24) is 5.32 Å². The molecular weight excluding hydrogens is 385 g/mol. The van der Waals surface area contributed by atoms with E-state index in [1.165, 1.54) is 18.2 Å². The fraction of sp³-hybridized carbons (Fsp3) is 0.100. The van der Waals surface area contributed by atoms with Crippen LogP contribution in [0.1, 0.15) is 22.0 Å². The van der Waals surface area contributed by atoms with Crippen LogP contribution in [0.4, 0.5) is 10.1 Å². The highest BCUT2D eigenvalue weighted by molar-refractivity contribution is 7.10. The Morgan fingerprint density at radius 3 is 2.63 bits per heavy atom. The van der Waals surface area contributed by atoms with E-state index in [1.54, 1.807) is 35.6 Å². The molecule has 0 fully saturated rings. The van der Waals surface area contributed by atoms with E-state index in [9.17, 15) is 9.18 Å². The van der Waals surface area contributed by atoms with Crippen LogP contribution < -0.4 is 10.6 Å². The number of carbonyl (C=O) groups excluding carboxylic acids is 1. The van der Waals surface area contributed by atoms with Crippen LogP contribution in [0.3, 0.4) is 0 Å². The predicted octanol–water partition coefficient (Wildman–Crippen LogP) is 4.73. The summed E-state index contributed by atoms with van der Waals surface area (Å²) in [6.45, 7) is 0.0531. The van der Waals surface area contributed by atoms with Crippen molar-refractivity contribution in [2.24, 2.45) is 0 Å². The quantitative estimate of drug-likeness (QED) is 0.629. The summed E-state index contributed by atoms with van der Waals surface area (Å²) in [4.78, 5) is 13.3. The molecular formula is C20H15ClFN3OS. The highest BCUT2D eigenvalue weighted by Gasteiger charge is 2.16. The summed E-state index contributed by atoms with van der Waals surface area (Å²) in [5.41, 5.74) is 1.73. The number of hydrogen-bond acceptors (Lipinski definition) is 4. The van der Waals surface area contributed by atoms with E-state index in [-0.39, 0.29) is 29.3 Å². The van der Waals surface area contributed by atoms with Crippen molar-refractivity contribution in [2.45, 2.75) is 6.04 Å². The number of benzene rings is 2. The molecule has 3 aromatic rings. The number of halogens is 2. The topological polar surface area (TPSA) is 64.9 Å². The molecule has 0 aliphatic carbocycles. The van der Waals surface area contributed by atoms with Gasteiger partial charge >= 0.3 is 0 Å². The summed E-state index contributed by atoms with van der Waals surface area (Å²) in [7, 11) is 0. The zero-order valence-electron chi connectivity index (χ0n) is 14.1. The second-order valence-electron chi connectivity index (χ2n) is 5.74. The minimum absolute atomic E-state index is 0.0531. The van der Waals surface area contributed by atoms with Gasteiger partial charge in [-0.3, -0.25) is 10.1 Å². The van der Waals surface area contributed by atoms with E-state index in [4.69, 9.17) is 16.9 Å². The largest absolute Gasteiger partial charge is 0.325 e. The van der Waals surface area contributed by atoms with E-state index in [2.05, 4.69) is 10.6 Å². The molecule has 1 aromatic heterocycles. The average Bonchev–Trinajstić information content (AvgIpc) is 3.18. The molecule has 4 nitrogen and oxygen atoms in total. The SMILES string of the molecule is N#Cc1ccc(NC(=O)CNC(c2ccc(F)cc2)c2cccs2)cc1Cl. The highest BCUT2D eigenvalue weighted by Crippen LogP contribution is 2.26. The molecule has 7 heteroatoms. The van der Waals surface area contributed by atoms with E-state index < -0.39 is 0 Å². The number of rotatable bonds is 6.